The van der Waals surface area contributed by atoms with E-state index in [0.717, 1.165) is 30.6 Å². The molecule has 1 rings (SSSR count). The Bertz CT molecular complexity index is 315. The fourth-order valence-electron chi connectivity index (χ4n) is 1.57. The number of aromatic nitrogens is 2. The maximum Gasteiger partial charge on any atom is 0.137 e. The lowest BCUT2D eigenvalue weighted by molar-refractivity contribution is 0.685. The third-order valence-electron chi connectivity index (χ3n) is 2.35. The van der Waals surface area contributed by atoms with E-state index < -0.39 is 0 Å². The molecule has 0 saturated carbocycles. The number of hydrogen-bond acceptors (Lipinski definition) is 3. The van der Waals surface area contributed by atoms with Gasteiger partial charge in [-0.05, 0) is 19.8 Å². The van der Waals surface area contributed by atoms with Gasteiger partial charge < -0.3 is 5.32 Å². The van der Waals surface area contributed by atoms with Crippen LogP contribution in [0.25, 0.3) is 0 Å². The summed E-state index contributed by atoms with van der Waals surface area (Å²) < 4.78 is 0. The Hall–Kier alpha value is -0.830. The van der Waals surface area contributed by atoms with Crippen molar-refractivity contribution in [2.24, 2.45) is 0 Å². The van der Waals surface area contributed by atoms with Gasteiger partial charge in [0.15, 0.2) is 0 Å². The number of anilines is 1. The van der Waals surface area contributed by atoms with Crippen LogP contribution >= 0.6 is 11.6 Å². The molecule has 1 N–H and O–H groups in total. The van der Waals surface area contributed by atoms with Crippen molar-refractivity contribution in [3.63, 3.8) is 0 Å². The van der Waals surface area contributed by atoms with Gasteiger partial charge in [-0.2, -0.15) is 0 Å². The van der Waals surface area contributed by atoms with E-state index in [9.17, 15) is 0 Å². The smallest absolute Gasteiger partial charge is 0.137 e. The molecule has 1 aromatic rings. The van der Waals surface area contributed by atoms with E-state index in [0.29, 0.717) is 11.2 Å². The molecule has 15 heavy (non-hydrogen) atoms. The zero-order chi connectivity index (χ0) is 11.3. The maximum atomic E-state index is 6.00. The molecule has 4 heteroatoms. The average molecular weight is 228 g/mol. The fraction of sp³-hybridized carbons (Fsp3) is 0.636. The predicted octanol–water partition coefficient (Wildman–Crippen LogP) is 3.29. The molecule has 0 spiro atoms. The first-order valence-corrected chi connectivity index (χ1v) is 5.82. The van der Waals surface area contributed by atoms with E-state index in [1.807, 2.05) is 0 Å². The van der Waals surface area contributed by atoms with Crippen molar-refractivity contribution in [1.29, 1.82) is 0 Å². The van der Waals surface area contributed by atoms with Crippen LogP contribution in [0.15, 0.2) is 6.33 Å². The van der Waals surface area contributed by atoms with Gasteiger partial charge in [-0.1, -0.05) is 31.9 Å². The van der Waals surface area contributed by atoms with Crippen LogP contribution in [0.2, 0.25) is 5.15 Å². The van der Waals surface area contributed by atoms with Gasteiger partial charge in [-0.15, -0.1) is 0 Å². The highest BCUT2D eigenvalue weighted by molar-refractivity contribution is 6.30. The second-order valence-electron chi connectivity index (χ2n) is 3.68. The number of hydrogen-bond donors (Lipinski definition) is 1. The first kappa shape index (κ1) is 12.2. The number of rotatable bonds is 5. The molecule has 0 aliphatic carbocycles. The van der Waals surface area contributed by atoms with E-state index in [1.165, 1.54) is 6.33 Å². The molecule has 0 fully saturated rings. The quantitative estimate of drug-likeness (QED) is 0.785. The maximum absolute atomic E-state index is 6.00. The van der Waals surface area contributed by atoms with E-state index in [2.05, 4.69) is 36.1 Å². The summed E-state index contributed by atoms with van der Waals surface area (Å²) in [4.78, 5) is 8.20. The van der Waals surface area contributed by atoms with Gasteiger partial charge in [0.2, 0.25) is 0 Å². The molecule has 3 nitrogen and oxygen atoms in total. The van der Waals surface area contributed by atoms with Gasteiger partial charge >= 0.3 is 0 Å². The largest absolute Gasteiger partial charge is 0.367 e. The fourth-order valence-corrected chi connectivity index (χ4v) is 1.83. The van der Waals surface area contributed by atoms with E-state index in [1.54, 1.807) is 0 Å². The van der Waals surface area contributed by atoms with E-state index in [4.69, 9.17) is 11.6 Å². The summed E-state index contributed by atoms with van der Waals surface area (Å²) in [5, 5.41) is 3.92. The molecule has 1 atom stereocenters. The summed E-state index contributed by atoms with van der Waals surface area (Å²) in [6.45, 7) is 6.38. The molecule has 1 unspecified atom stereocenters. The topological polar surface area (TPSA) is 37.8 Å². The van der Waals surface area contributed by atoms with Gasteiger partial charge in [0.05, 0.1) is 0 Å². The Labute approximate surface area is 96.3 Å². The van der Waals surface area contributed by atoms with Crippen LogP contribution in [0.4, 0.5) is 5.82 Å². The molecule has 0 aliphatic rings. The number of nitrogens with zero attached hydrogens (tertiary/aromatic N) is 2. The van der Waals surface area contributed by atoms with Gasteiger partial charge in [-0.3, -0.25) is 0 Å². The molecule has 0 aliphatic heterocycles. The molecular formula is C11H18ClN3. The van der Waals surface area contributed by atoms with Crippen molar-refractivity contribution in [1.82, 2.24) is 9.97 Å². The second-order valence-corrected chi connectivity index (χ2v) is 4.04. The van der Waals surface area contributed by atoms with Crippen molar-refractivity contribution in [2.75, 3.05) is 5.32 Å². The summed E-state index contributed by atoms with van der Waals surface area (Å²) in [7, 11) is 0. The van der Waals surface area contributed by atoms with Crippen LogP contribution < -0.4 is 5.32 Å². The summed E-state index contributed by atoms with van der Waals surface area (Å²) in [5.41, 5.74) is 1.00. The van der Waals surface area contributed by atoms with Crippen molar-refractivity contribution >= 4 is 17.4 Å². The van der Waals surface area contributed by atoms with E-state index >= 15 is 0 Å². The van der Waals surface area contributed by atoms with E-state index in [-0.39, 0.29) is 0 Å². The molecule has 1 aromatic heterocycles. The Kier molecular flexibility index (Phi) is 4.82. The zero-order valence-corrected chi connectivity index (χ0v) is 10.3. The average Bonchev–Trinajstić information content (AvgIpc) is 2.18. The zero-order valence-electron chi connectivity index (χ0n) is 9.55. The minimum absolute atomic E-state index is 0.422. The monoisotopic (exact) mass is 227 g/mol. The molecule has 0 aromatic carbocycles. The standard InChI is InChI=1S/C11H18ClN3/c1-4-6-8(3)15-11-9(5-2)10(12)13-7-14-11/h7-8H,4-6H2,1-3H3,(H,13,14,15). The molecule has 0 bridgehead atoms. The minimum Gasteiger partial charge on any atom is -0.367 e. The van der Waals surface area contributed by atoms with Crippen molar-refractivity contribution in [3.05, 3.63) is 17.0 Å². The Balaban J connectivity index is 2.80. The molecular weight excluding hydrogens is 210 g/mol. The molecule has 1 heterocycles. The highest BCUT2D eigenvalue weighted by atomic mass is 35.5. The first-order chi connectivity index (χ1) is 7.19. The SMILES string of the molecule is CCCC(C)Nc1ncnc(Cl)c1CC. The third kappa shape index (κ3) is 3.34. The van der Waals surface area contributed by atoms with Crippen molar-refractivity contribution in [2.45, 2.75) is 46.1 Å². The minimum atomic E-state index is 0.422. The highest BCUT2D eigenvalue weighted by Crippen LogP contribution is 2.21. The van der Waals surface area contributed by atoms with Crippen LogP contribution in [-0.4, -0.2) is 16.0 Å². The summed E-state index contributed by atoms with van der Waals surface area (Å²) in [6, 6.07) is 0.422. The summed E-state index contributed by atoms with van der Waals surface area (Å²) in [5.74, 6) is 0.874. The third-order valence-corrected chi connectivity index (χ3v) is 2.68. The highest BCUT2D eigenvalue weighted by Gasteiger charge is 2.09. The summed E-state index contributed by atoms with van der Waals surface area (Å²) in [6.07, 6.45) is 4.64. The predicted molar refractivity (Wildman–Crippen MR) is 64.4 cm³/mol. The van der Waals surface area contributed by atoms with Crippen LogP contribution in [-0.2, 0) is 6.42 Å². The van der Waals surface area contributed by atoms with Crippen LogP contribution in [0, 0.1) is 0 Å². The Morgan fingerprint density at radius 1 is 1.40 bits per heavy atom. The van der Waals surface area contributed by atoms with Crippen molar-refractivity contribution in [3.8, 4) is 0 Å². The molecule has 0 amide bonds. The Morgan fingerprint density at radius 2 is 2.13 bits per heavy atom. The lowest BCUT2D eigenvalue weighted by Gasteiger charge is -2.16. The van der Waals surface area contributed by atoms with Gasteiger partial charge in [0.25, 0.3) is 0 Å². The normalized spacial score (nSPS) is 12.5. The number of nitrogens with one attached hydrogen (secondary N) is 1. The summed E-state index contributed by atoms with van der Waals surface area (Å²) >= 11 is 6.00. The molecule has 0 radical (unpaired) electrons. The van der Waals surface area contributed by atoms with Crippen LogP contribution in [0.5, 0.6) is 0 Å². The van der Waals surface area contributed by atoms with Gasteiger partial charge in [0.1, 0.15) is 17.3 Å². The van der Waals surface area contributed by atoms with Crippen molar-refractivity contribution < 1.29 is 0 Å². The van der Waals surface area contributed by atoms with Gasteiger partial charge in [0, 0.05) is 11.6 Å². The number of halogens is 1. The second kappa shape index (κ2) is 5.91. The lowest BCUT2D eigenvalue weighted by Crippen LogP contribution is -2.17. The first-order valence-electron chi connectivity index (χ1n) is 5.44. The van der Waals surface area contributed by atoms with Crippen LogP contribution in [0.1, 0.15) is 39.2 Å². The molecule has 84 valence electrons. The van der Waals surface area contributed by atoms with Crippen LogP contribution in [0.3, 0.4) is 0 Å². The lowest BCUT2D eigenvalue weighted by atomic mass is 10.2. The van der Waals surface area contributed by atoms with Gasteiger partial charge in [-0.25, -0.2) is 9.97 Å². The molecule has 0 saturated heterocycles. The Morgan fingerprint density at radius 3 is 2.73 bits per heavy atom.